The molecule has 1 unspecified atom stereocenters. The second kappa shape index (κ2) is 6.34. The van der Waals surface area contributed by atoms with E-state index < -0.39 is 11.4 Å². The summed E-state index contributed by atoms with van der Waals surface area (Å²) in [4.78, 5) is 27.2. The number of carboxylic acids is 1. The van der Waals surface area contributed by atoms with Crippen LogP contribution in [0.15, 0.2) is 0 Å². The van der Waals surface area contributed by atoms with Crippen molar-refractivity contribution in [3.63, 3.8) is 0 Å². The van der Waals surface area contributed by atoms with Crippen molar-refractivity contribution in [2.24, 2.45) is 5.41 Å². The molecular formula is C13H25N3O3. The van der Waals surface area contributed by atoms with E-state index in [1.165, 1.54) is 0 Å². The van der Waals surface area contributed by atoms with Crippen molar-refractivity contribution in [2.75, 3.05) is 40.3 Å². The zero-order valence-electron chi connectivity index (χ0n) is 12.3. The number of carboxylic acid groups (broad SMARTS) is 1. The predicted molar refractivity (Wildman–Crippen MR) is 73.0 cm³/mol. The Morgan fingerprint density at radius 2 is 1.95 bits per heavy atom. The van der Waals surface area contributed by atoms with E-state index in [0.29, 0.717) is 6.54 Å². The number of carbonyl (C=O) groups is 2. The average Bonchev–Trinajstić information content (AvgIpc) is 2.29. The fraction of sp³-hybridized carbons (Fsp3) is 0.846. The Bertz CT molecular complexity index is 344. The first-order chi connectivity index (χ1) is 8.72. The van der Waals surface area contributed by atoms with E-state index in [9.17, 15) is 9.59 Å². The lowest BCUT2D eigenvalue weighted by Crippen LogP contribution is -2.54. The Morgan fingerprint density at radius 1 is 1.32 bits per heavy atom. The third-order valence-corrected chi connectivity index (χ3v) is 3.70. The molecule has 1 atom stereocenters. The Morgan fingerprint density at radius 3 is 2.53 bits per heavy atom. The van der Waals surface area contributed by atoms with Crippen molar-refractivity contribution in [2.45, 2.75) is 26.3 Å². The maximum Gasteiger partial charge on any atom is 0.309 e. The van der Waals surface area contributed by atoms with Crippen molar-refractivity contribution < 1.29 is 14.7 Å². The van der Waals surface area contributed by atoms with Crippen LogP contribution in [0.4, 0.5) is 0 Å². The molecule has 1 heterocycles. The number of nitrogens with one attached hydrogen (secondary N) is 1. The fourth-order valence-electron chi connectivity index (χ4n) is 2.09. The minimum absolute atomic E-state index is 0.00854. The Labute approximate surface area is 114 Å². The second-order valence-corrected chi connectivity index (χ2v) is 6.07. The van der Waals surface area contributed by atoms with Crippen molar-refractivity contribution >= 4 is 11.9 Å². The van der Waals surface area contributed by atoms with E-state index in [1.54, 1.807) is 13.8 Å². The van der Waals surface area contributed by atoms with E-state index in [0.717, 1.165) is 19.6 Å². The number of hydrogen-bond acceptors (Lipinski definition) is 4. The summed E-state index contributed by atoms with van der Waals surface area (Å²) in [5, 5.41) is 11.8. The highest BCUT2D eigenvalue weighted by atomic mass is 16.4. The number of likely N-dealkylation sites (N-methyl/N-ethyl adjacent to an activating group) is 2. The van der Waals surface area contributed by atoms with Crippen LogP contribution in [0.2, 0.25) is 0 Å². The van der Waals surface area contributed by atoms with Crippen LogP contribution in [0.25, 0.3) is 0 Å². The third kappa shape index (κ3) is 4.80. The van der Waals surface area contributed by atoms with Crippen molar-refractivity contribution in [1.29, 1.82) is 0 Å². The number of carbonyl (C=O) groups excluding carboxylic acids is 1. The van der Waals surface area contributed by atoms with Crippen molar-refractivity contribution in [1.82, 2.24) is 15.1 Å². The average molecular weight is 271 g/mol. The van der Waals surface area contributed by atoms with Gasteiger partial charge in [0.15, 0.2) is 0 Å². The second-order valence-electron chi connectivity index (χ2n) is 6.07. The number of hydrogen-bond donors (Lipinski definition) is 2. The SMILES string of the molecule is CN1CCN(C)C(CNC(=O)CC(C)(C)C(=O)O)C1. The van der Waals surface area contributed by atoms with Crippen LogP contribution in [0.1, 0.15) is 20.3 Å². The normalized spacial score (nSPS) is 22.2. The van der Waals surface area contributed by atoms with Gasteiger partial charge in [0.25, 0.3) is 0 Å². The van der Waals surface area contributed by atoms with Crippen LogP contribution in [0.5, 0.6) is 0 Å². The largest absolute Gasteiger partial charge is 0.481 e. The van der Waals surface area contributed by atoms with Gasteiger partial charge in [0.05, 0.1) is 5.41 Å². The van der Waals surface area contributed by atoms with Gasteiger partial charge in [0.1, 0.15) is 0 Å². The van der Waals surface area contributed by atoms with Crippen LogP contribution in [-0.4, -0.2) is 73.1 Å². The highest BCUT2D eigenvalue weighted by Gasteiger charge is 2.30. The number of nitrogens with zero attached hydrogens (tertiary/aromatic N) is 2. The lowest BCUT2D eigenvalue weighted by atomic mass is 9.89. The molecule has 1 fully saturated rings. The van der Waals surface area contributed by atoms with E-state index in [2.05, 4.69) is 22.2 Å². The van der Waals surface area contributed by atoms with E-state index >= 15 is 0 Å². The molecule has 0 aliphatic carbocycles. The molecule has 110 valence electrons. The monoisotopic (exact) mass is 271 g/mol. The van der Waals surface area contributed by atoms with Gasteiger partial charge in [-0.05, 0) is 27.9 Å². The number of piperazine rings is 1. The van der Waals surface area contributed by atoms with Gasteiger partial charge < -0.3 is 15.3 Å². The summed E-state index contributed by atoms with van der Waals surface area (Å²) in [7, 11) is 4.11. The summed E-state index contributed by atoms with van der Waals surface area (Å²) >= 11 is 0. The minimum atomic E-state index is -1.01. The van der Waals surface area contributed by atoms with Gasteiger partial charge in [-0.3, -0.25) is 14.5 Å². The van der Waals surface area contributed by atoms with Crippen LogP contribution < -0.4 is 5.32 Å². The molecule has 0 aromatic carbocycles. The van der Waals surface area contributed by atoms with Crippen LogP contribution >= 0.6 is 0 Å². The quantitative estimate of drug-likeness (QED) is 0.727. The first kappa shape index (κ1) is 15.9. The topological polar surface area (TPSA) is 72.9 Å². The molecule has 1 aliphatic rings. The van der Waals surface area contributed by atoms with Crippen molar-refractivity contribution in [3.8, 4) is 0 Å². The van der Waals surface area contributed by atoms with Gasteiger partial charge in [-0.15, -0.1) is 0 Å². The highest BCUT2D eigenvalue weighted by molar-refractivity contribution is 5.84. The van der Waals surface area contributed by atoms with E-state index in [4.69, 9.17) is 5.11 Å². The van der Waals surface area contributed by atoms with E-state index in [1.807, 2.05) is 7.05 Å². The maximum absolute atomic E-state index is 11.8. The smallest absolute Gasteiger partial charge is 0.309 e. The summed E-state index contributed by atoms with van der Waals surface area (Å²) in [6.45, 7) is 6.63. The third-order valence-electron chi connectivity index (χ3n) is 3.70. The van der Waals surface area contributed by atoms with Gasteiger partial charge in [-0.1, -0.05) is 0 Å². The fourth-order valence-corrected chi connectivity index (χ4v) is 2.09. The summed E-state index contributed by atoms with van der Waals surface area (Å²) < 4.78 is 0. The first-order valence-electron chi connectivity index (χ1n) is 6.61. The zero-order chi connectivity index (χ0) is 14.6. The predicted octanol–water partition coefficient (Wildman–Crippen LogP) is -0.151. The Hall–Kier alpha value is -1.14. The molecule has 1 saturated heterocycles. The molecule has 1 rings (SSSR count). The summed E-state index contributed by atoms with van der Waals surface area (Å²) in [6, 6.07) is 0.288. The number of amides is 1. The van der Waals surface area contributed by atoms with Crippen molar-refractivity contribution in [3.05, 3.63) is 0 Å². The molecule has 1 amide bonds. The van der Waals surface area contributed by atoms with Gasteiger partial charge in [-0.2, -0.15) is 0 Å². The standard InChI is InChI=1S/C13H25N3O3/c1-13(2,12(18)19)7-11(17)14-8-10-9-15(3)5-6-16(10)4/h10H,5-9H2,1-4H3,(H,14,17)(H,18,19). The highest BCUT2D eigenvalue weighted by Crippen LogP contribution is 2.20. The summed E-state index contributed by atoms with van der Waals surface area (Å²) in [5.74, 6) is -1.15. The molecule has 0 saturated carbocycles. The first-order valence-corrected chi connectivity index (χ1v) is 6.61. The molecule has 0 radical (unpaired) electrons. The molecule has 19 heavy (non-hydrogen) atoms. The van der Waals surface area contributed by atoms with E-state index in [-0.39, 0.29) is 18.4 Å². The molecular weight excluding hydrogens is 246 g/mol. The Kier molecular flexibility index (Phi) is 5.31. The van der Waals surface area contributed by atoms with Crippen LogP contribution in [-0.2, 0) is 9.59 Å². The van der Waals surface area contributed by atoms with Gasteiger partial charge in [0.2, 0.25) is 5.91 Å². The van der Waals surface area contributed by atoms with Crippen LogP contribution in [0, 0.1) is 5.41 Å². The lowest BCUT2D eigenvalue weighted by molar-refractivity contribution is -0.149. The molecule has 0 bridgehead atoms. The molecule has 2 N–H and O–H groups in total. The lowest BCUT2D eigenvalue weighted by Gasteiger charge is -2.37. The summed E-state index contributed by atoms with van der Waals surface area (Å²) in [5.41, 5.74) is -1.01. The van der Waals surface area contributed by atoms with Crippen LogP contribution in [0.3, 0.4) is 0 Å². The molecule has 6 heteroatoms. The zero-order valence-corrected chi connectivity index (χ0v) is 12.3. The number of rotatable bonds is 5. The molecule has 6 nitrogen and oxygen atoms in total. The molecule has 1 aliphatic heterocycles. The van der Waals surface area contributed by atoms with Gasteiger partial charge in [-0.25, -0.2) is 0 Å². The van der Waals surface area contributed by atoms with Gasteiger partial charge >= 0.3 is 5.97 Å². The molecule has 0 spiro atoms. The maximum atomic E-state index is 11.8. The van der Waals surface area contributed by atoms with Gasteiger partial charge in [0, 0.05) is 38.6 Å². The molecule has 0 aromatic rings. The summed E-state index contributed by atoms with van der Waals surface area (Å²) in [6.07, 6.45) is 0.00854. The number of aliphatic carboxylic acids is 1. The Balaban J connectivity index is 2.39. The minimum Gasteiger partial charge on any atom is -0.481 e. The molecule has 0 aromatic heterocycles.